The Hall–Kier alpha value is -6.05. The van der Waals surface area contributed by atoms with Gasteiger partial charge in [0.25, 0.3) is 26.1 Å². The van der Waals surface area contributed by atoms with Crippen molar-refractivity contribution in [3.8, 4) is 5.75 Å². The fraction of sp³-hybridized carbons (Fsp3) is 0.0690. The Morgan fingerprint density at radius 1 is 0.818 bits per heavy atom. The molecule has 1 amide bonds. The third kappa shape index (κ3) is 8.85. The van der Waals surface area contributed by atoms with Crippen LogP contribution in [-0.4, -0.2) is 73.6 Å². The van der Waals surface area contributed by atoms with Gasteiger partial charge < -0.3 is 21.1 Å². The summed E-state index contributed by atoms with van der Waals surface area (Å²) in [4.78, 5) is 30.3. The topological polar surface area (TPSA) is 287 Å². The van der Waals surface area contributed by atoms with E-state index in [9.17, 15) is 44.6 Å². The second-order valence-electron chi connectivity index (χ2n) is 10.9. The number of phenols is 1. The van der Waals surface area contributed by atoms with Gasteiger partial charge in [-0.2, -0.15) is 70.9 Å². The molecule has 6 N–H and O–H groups in total. The Bertz CT molecular complexity index is 2660. The molecule has 0 saturated heterocycles. The number of nitrogens with zero attached hydrogens (tertiary/aromatic N) is 9. The Kier molecular flexibility index (Phi) is 10.5. The van der Waals surface area contributed by atoms with Gasteiger partial charge in [0.15, 0.2) is 11.9 Å². The SMILES string of the molecule is CC1=NN(c2ccc(Nc3nc(Cl)nc(Nc4cc(Nc5nc(F)nc(F)c5Cl)ccc4S(=O)(=O)O)n3)cc2)C(=O)C1N=Nc1cc(S(=O)(=O)O)ccc1O. The number of benzene rings is 3. The number of hydrogen-bond donors (Lipinski definition) is 6. The third-order valence-corrected chi connectivity index (χ3v) is 9.41. The van der Waals surface area contributed by atoms with E-state index in [2.05, 4.69) is 56.2 Å². The highest BCUT2D eigenvalue weighted by atomic mass is 35.5. The average molecular weight is 838 g/mol. The van der Waals surface area contributed by atoms with Crippen LogP contribution in [0.4, 0.5) is 54.9 Å². The molecule has 0 fully saturated rings. The predicted molar refractivity (Wildman–Crippen MR) is 191 cm³/mol. The number of amides is 1. The number of carbonyl (C=O) groups excluding carboxylic acids is 1. The van der Waals surface area contributed by atoms with Crippen LogP contribution in [0.15, 0.2) is 85.8 Å². The van der Waals surface area contributed by atoms with Crippen molar-refractivity contribution in [1.82, 2.24) is 24.9 Å². The first-order chi connectivity index (χ1) is 25.8. The minimum Gasteiger partial charge on any atom is -0.506 e. The van der Waals surface area contributed by atoms with E-state index < -0.39 is 70.6 Å². The standard InChI is InChI=1S/C29H20Cl2F2N12O8S2/c1-12-22(43-42-17-11-16(54(48,49)50)7-8-19(17)46)25(47)45(44-12)15-5-2-13(3-6-15)35-28-39-26(31)40-29(41-28)36-18-10-14(4-9-20(18)55(51,52)53)34-24-21(30)23(32)37-27(33)38-24/h2-11,22,46H,1H3,(H,34,37,38)(H,48,49,50)(H,51,52,53)(H2,35,36,39,40,41). The number of anilines is 7. The molecule has 1 aliphatic heterocycles. The van der Waals surface area contributed by atoms with Crippen LogP contribution < -0.4 is 21.0 Å². The zero-order valence-electron chi connectivity index (χ0n) is 27.1. The van der Waals surface area contributed by atoms with Crippen molar-refractivity contribution in [2.24, 2.45) is 15.3 Å². The van der Waals surface area contributed by atoms with E-state index >= 15 is 0 Å². The number of carbonyl (C=O) groups is 1. The summed E-state index contributed by atoms with van der Waals surface area (Å²) in [7, 11) is -9.45. The number of aromatic nitrogens is 5. The van der Waals surface area contributed by atoms with Crippen LogP contribution in [0.5, 0.6) is 5.75 Å². The van der Waals surface area contributed by atoms with Crippen LogP contribution >= 0.6 is 23.2 Å². The lowest BCUT2D eigenvalue weighted by molar-refractivity contribution is -0.117. The summed E-state index contributed by atoms with van der Waals surface area (Å²) in [6, 6.07) is 10.9. The molecule has 20 nitrogen and oxygen atoms in total. The van der Waals surface area contributed by atoms with Crippen molar-refractivity contribution in [1.29, 1.82) is 0 Å². The van der Waals surface area contributed by atoms with E-state index in [1.165, 1.54) is 31.2 Å². The zero-order chi connectivity index (χ0) is 39.8. The quantitative estimate of drug-likeness (QED) is 0.0411. The van der Waals surface area contributed by atoms with Crippen molar-refractivity contribution in [3.63, 3.8) is 0 Å². The molecule has 3 aromatic carbocycles. The first-order valence-electron chi connectivity index (χ1n) is 14.8. The van der Waals surface area contributed by atoms with E-state index in [4.69, 9.17) is 23.2 Å². The molecular weight excluding hydrogens is 817 g/mol. The number of hydrazone groups is 1. The summed E-state index contributed by atoms with van der Waals surface area (Å²) < 4.78 is 93.7. The van der Waals surface area contributed by atoms with Gasteiger partial charge in [0.2, 0.25) is 23.1 Å². The molecule has 1 atom stereocenters. The molecule has 284 valence electrons. The van der Waals surface area contributed by atoms with E-state index in [0.29, 0.717) is 11.4 Å². The third-order valence-electron chi connectivity index (χ3n) is 7.15. The predicted octanol–water partition coefficient (Wildman–Crippen LogP) is 5.55. The molecule has 0 spiro atoms. The van der Waals surface area contributed by atoms with Crippen molar-refractivity contribution in [3.05, 3.63) is 83.0 Å². The van der Waals surface area contributed by atoms with Crippen LogP contribution in [0.25, 0.3) is 0 Å². The number of azo groups is 1. The molecule has 26 heteroatoms. The van der Waals surface area contributed by atoms with Crippen molar-refractivity contribution >= 4 is 101 Å². The van der Waals surface area contributed by atoms with Crippen LogP contribution in [0.2, 0.25) is 10.3 Å². The van der Waals surface area contributed by atoms with Crippen molar-refractivity contribution in [2.75, 3.05) is 21.0 Å². The highest BCUT2D eigenvalue weighted by Crippen LogP contribution is 2.33. The van der Waals surface area contributed by atoms with Crippen molar-refractivity contribution < 1.29 is 44.6 Å². The summed E-state index contributed by atoms with van der Waals surface area (Å²) in [5, 5.41) is 29.9. The van der Waals surface area contributed by atoms with Crippen LogP contribution in [0.1, 0.15) is 6.92 Å². The molecule has 1 unspecified atom stereocenters. The Balaban J connectivity index is 1.18. The first-order valence-corrected chi connectivity index (χ1v) is 18.4. The second kappa shape index (κ2) is 15.0. The van der Waals surface area contributed by atoms with Crippen LogP contribution in [0, 0.1) is 12.0 Å². The maximum absolute atomic E-state index is 13.8. The van der Waals surface area contributed by atoms with Crippen LogP contribution in [-0.2, 0) is 25.0 Å². The van der Waals surface area contributed by atoms with Gasteiger partial charge in [0.05, 0.1) is 22.0 Å². The lowest BCUT2D eigenvalue weighted by Crippen LogP contribution is -2.29. The van der Waals surface area contributed by atoms with Gasteiger partial charge in [0, 0.05) is 11.4 Å². The highest BCUT2D eigenvalue weighted by Gasteiger charge is 2.35. The fourth-order valence-electron chi connectivity index (χ4n) is 4.68. The van der Waals surface area contributed by atoms with E-state index in [0.717, 1.165) is 41.4 Å². The number of hydrogen-bond acceptors (Lipinski definition) is 17. The summed E-state index contributed by atoms with van der Waals surface area (Å²) in [5.41, 5.74) is 0.248. The maximum atomic E-state index is 13.8. The monoisotopic (exact) mass is 836 g/mol. The number of aromatic hydroxyl groups is 1. The molecule has 0 saturated carbocycles. The van der Waals surface area contributed by atoms with Gasteiger partial charge in [-0.05, 0) is 79.2 Å². The molecule has 2 aromatic heterocycles. The second-order valence-corrected chi connectivity index (χ2v) is 14.5. The van der Waals surface area contributed by atoms with Gasteiger partial charge in [-0.1, -0.05) is 11.6 Å². The molecule has 0 bridgehead atoms. The van der Waals surface area contributed by atoms with Gasteiger partial charge in [0.1, 0.15) is 21.4 Å². The number of phenolic OH excluding ortho intramolecular Hbond substituents is 1. The van der Waals surface area contributed by atoms with Gasteiger partial charge in [-0.3, -0.25) is 13.9 Å². The fourth-order valence-corrected chi connectivity index (χ4v) is 6.10. The van der Waals surface area contributed by atoms with Gasteiger partial charge in [-0.25, -0.2) is 0 Å². The zero-order valence-corrected chi connectivity index (χ0v) is 30.2. The molecule has 3 heterocycles. The highest BCUT2D eigenvalue weighted by molar-refractivity contribution is 7.86. The average Bonchev–Trinajstić information content (AvgIpc) is 3.37. The molecule has 0 radical (unpaired) electrons. The minimum absolute atomic E-state index is 0.00282. The summed E-state index contributed by atoms with van der Waals surface area (Å²) >= 11 is 11.9. The van der Waals surface area contributed by atoms with Crippen molar-refractivity contribution in [2.45, 2.75) is 22.8 Å². The first kappa shape index (κ1) is 38.7. The number of rotatable bonds is 11. The molecule has 6 rings (SSSR count). The van der Waals surface area contributed by atoms with Gasteiger partial charge >= 0.3 is 6.08 Å². The summed E-state index contributed by atoms with van der Waals surface area (Å²) in [5.74, 6) is -3.38. The van der Waals surface area contributed by atoms with Crippen LogP contribution in [0.3, 0.4) is 0 Å². The lowest BCUT2D eigenvalue weighted by Gasteiger charge is -2.14. The van der Waals surface area contributed by atoms with E-state index in [1.807, 2.05) is 0 Å². The maximum Gasteiger partial charge on any atom is 0.313 e. The Morgan fingerprint density at radius 2 is 1.49 bits per heavy atom. The largest absolute Gasteiger partial charge is 0.506 e. The summed E-state index contributed by atoms with van der Waals surface area (Å²) in [6.45, 7) is 1.50. The smallest absolute Gasteiger partial charge is 0.313 e. The minimum atomic E-state index is -4.85. The Labute approximate surface area is 317 Å². The van der Waals surface area contributed by atoms with E-state index in [1.54, 1.807) is 0 Å². The Morgan fingerprint density at radius 3 is 2.16 bits per heavy atom. The van der Waals surface area contributed by atoms with E-state index in [-0.39, 0.29) is 40.0 Å². The molecule has 1 aliphatic rings. The molecule has 55 heavy (non-hydrogen) atoms. The molecule has 5 aromatic rings. The molecule has 0 aliphatic carbocycles. The number of halogens is 4. The normalized spacial score (nSPS) is 14.7. The number of nitrogens with one attached hydrogen (secondary N) is 3. The summed E-state index contributed by atoms with van der Waals surface area (Å²) in [6.07, 6.45) is -1.43. The lowest BCUT2D eigenvalue weighted by atomic mass is 10.2. The molecular formula is C29H20Cl2F2N12O8S2. The van der Waals surface area contributed by atoms with Gasteiger partial charge in [-0.15, -0.1) is 0 Å².